The van der Waals surface area contributed by atoms with Gasteiger partial charge in [-0.25, -0.2) is 0 Å². The summed E-state index contributed by atoms with van der Waals surface area (Å²) < 4.78 is 0. The highest BCUT2D eigenvalue weighted by atomic mass is 16.6. The molecule has 0 aliphatic heterocycles. The molecule has 0 fully saturated rings. The fraction of sp³-hybridized carbons (Fsp3) is 0.182. The van der Waals surface area contributed by atoms with Crippen LogP contribution in [0.3, 0.4) is 0 Å². The first-order chi connectivity index (χ1) is 8.77. The lowest BCUT2D eigenvalue weighted by atomic mass is 10.3. The van der Waals surface area contributed by atoms with Gasteiger partial charge in [0.2, 0.25) is 5.78 Å². The Bertz CT molecular complexity index is 493. The molecule has 0 aromatic heterocycles. The highest BCUT2D eigenvalue weighted by molar-refractivity contribution is 5.91. The minimum absolute atomic E-state index is 0.458. The van der Waals surface area contributed by atoms with E-state index in [1.165, 1.54) is 18.2 Å². The molecule has 0 aromatic carbocycles. The molecule has 0 amide bonds. The molecule has 1 N–H and O–H groups in total. The number of ketones is 1. The molecule has 0 saturated carbocycles. The Labute approximate surface area is 108 Å². The summed E-state index contributed by atoms with van der Waals surface area (Å²) in [5, 5.41) is 29.9. The van der Waals surface area contributed by atoms with Gasteiger partial charge in [0.15, 0.2) is 5.76 Å². The van der Waals surface area contributed by atoms with E-state index in [4.69, 9.17) is 5.11 Å². The summed E-state index contributed by atoms with van der Waals surface area (Å²) in [5.74, 6) is -1.16. The average Bonchev–Trinajstić information content (AvgIpc) is 2.25. The van der Waals surface area contributed by atoms with Gasteiger partial charge in [0.05, 0.1) is 9.85 Å². The Kier molecular flexibility index (Phi) is 6.44. The molecule has 102 valence electrons. The molecule has 0 unspecified atom stereocenters. The lowest BCUT2D eigenvalue weighted by molar-refractivity contribution is -0.421. The fourth-order valence-corrected chi connectivity index (χ4v) is 0.978. The second-order valence-corrected chi connectivity index (χ2v) is 3.34. The SMILES string of the molecule is CC(=O)/C(=C/C=C/C=C/C(=C(/C)O)[N+](=O)[O-])[N+](=O)[O-]. The third-order valence-corrected chi connectivity index (χ3v) is 1.86. The van der Waals surface area contributed by atoms with Gasteiger partial charge in [-0.2, -0.15) is 0 Å². The molecule has 0 rings (SSSR count). The van der Waals surface area contributed by atoms with Crippen LogP contribution < -0.4 is 0 Å². The minimum atomic E-state index is -0.823. The Morgan fingerprint density at radius 2 is 1.63 bits per heavy atom. The van der Waals surface area contributed by atoms with Crippen LogP contribution in [0.4, 0.5) is 0 Å². The van der Waals surface area contributed by atoms with Gasteiger partial charge >= 0.3 is 11.4 Å². The monoisotopic (exact) mass is 268 g/mol. The van der Waals surface area contributed by atoms with E-state index >= 15 is 0 Å². The first-order valence-electron chi connectivity index (χ1n) is 5.02. The number of carbonyl (C=O) groups is 1. The number of Topliss-reactive ketones (excluding diaryl/α,β-unsaturated/α-hetero) is 1. The van der Waals surface area contributed by atoms with Crippen molar-refractivity contribution in [2.45, 2.75) is 13.8 Å². The number of hydrogen-bond donors (Lipinski definition) is 1. The van der Waals surface area contributed by atoms with Crippen LogP contribution in [-0.4, -0.2) is 20.7 Å². The maximum Gasteiger partial charge on any atom is 0.311 e. The van der Waals surface area contributed by atoms with Gasteiger partial charge < -0.3 is 5.11 Å². The van der Waals surface area contributed by atoms with Gasteiger partial charge in [0.25, 0.3) is 0 Å². The largest absolute Gasteiger partial charge is 0.506 e. The van der Waals surface area contributed by atoms with Crippen molar-refractivity contribution in [2.75, 3.05) is 0 Å². The molecule has 0 spiro atoms. The quantitative estimate of drug-likeness (QED) is 0.258. The van der Waals surface area contributed by atoms with Gasteiger partial charge in [0.1, 0.15) is 0 Å². The van der Waals surface area contributed by atoms with E-state index in [0.29, 0.717) is 0 Å². The van der Waals surface area contributed by atoms with Gasteiger partial charge in [-0.1, -0.05) is 18.2 Å². The number of allylic oxidation sites excluding steroid dienone is 7. The lowest BCUT2D eigenvalue weighted by Gasteiger charge is -1.91. The molecule has 0 aliphatic rings. The normalized spacial score (nSPS) is 13.7. The van der Waals surface area contributed by atoms with Crippen LogP contribution in [0.25, 0.3) is 0 Å². The number of aliphatic hydroxyl groups is 1. The van der Waals surface area contributed by atoms with Crippen LogP contribution in [-0.2, 0) is 4.79 Å². The summed E-state index contributed by atoms with van der Waals surface area (Å²) in [6, 6.07) is 0. The Hall–Kier alpha value is -2.77. The number of aliphatic hydroxyl groups excluding tert-OH is 1. The van der Waals surface area contributed by atoms with E-state index in [0.717, 1.165) is 26.0 Å². The van der Waals surface area contributed by atoms with Crippen LogP contribution in [0.5, 0.6) is 0 Å². The van der Waals surface area contributed by atoms with Gasteiger partial charge in [-0.3, -0.25) is 25.0 Å². The molecule has 0 heterocycles. The zero-order valence-electron chi connectivity index (χ0n) is 10.3. The Balaban J connectivity index is 4.91. The molecule has 19 heavy (non-hydrogen) atoms. The lowest BCUT2D eigenvalue weighted by Crippen LogP contribution is -2.06. The molecule has 8 nitrogen and oxygen atoms in total. The van der Waals surface area contributed by atoms with Crippen molar-refractivity contribution in [2.24, 2.45) is 0 Å². The standard InChI is InChI=1S/C11H12N2O6/c1-8(14)10(12(16)17)6-4-3-5-7-11(9(2)15)13(18)19/h3-7,14H,1-2H3/b5-3+,6-4+,10-8+,11-7-. The predicted octanol–water partition coefficient (Wildman–Crippen LogP) is 1.91. The van der Waals surface area contributed by atoms with Crippen molar-refractivity contribution < 1.29 is 19.7 Å². The van der Waals surface area contributed by atoms with Crippen LogP contribution in [0.15, 0.2) is 47.5 Å². The van der Waals surface area contributed by atoms with E-state index in [2.05, 4.69) is 0 Å². The van der Waals surface area contributed by atoms with E-state index < -0.39 is 32.8 Å². The smallest absolute Gasteiger partial charge is 0.311 e. The fourth-order valence-electron chi connectivity index (χ4n) is 0.978. The summed E-state index contributed by atoms with van der Waals surface area (Å²) in [5.41, 5.74) is -1.08. The summed E-state index contributed by atoms with van der Waals surface area (Å²) in [7, 11) is 0. The first-order valence-corrected chi connectivity index (χ1v) is 5.02. The maximum atomic E-state index is 10.8. The summed E-state index contributed by atoms with van der Waals surface area (Å²) in [6.45, 7) is 2.22. The topological polar surface area (TPSA) is 124 Å². The van der Waals surface area contributed by atoms with Crippen LogP contribution in [0, 0.1) is 20.2 Å². The summed E-state index contributed by atoms with van der Waals surface area (Å²) in [4.78, 5) is 30.1. The second-order valence-electron chi connectivity index (χ2n) is 3.34. The van der Waals surface area contributed by atoms with Gasteiger partial charge in [-0.15, -0.1) is 0 Å². The Morgan fingerprint density at radius 3 is 2.00 bits per heavy atom. The van der Waals surface area contributed by atoms with Crippen LogP contribution >= 0.6 is 0 Å². The molecule has 0 aromatic rings. The van der Waals surface area contributed by atoms with E-state index in [-0.39, 0.29) is 0 Å². The number of rotatable bonds is 6. The van der Waals surface area contributed by atoms with Crippen molar-refractivity contribution >= 4 is 5.78 Å². The van der Waals surface area contributed by atoms with Crippen molar-refractivity contribution in [3.8, 4) is 0 Å². The van der Waals surface area contributed by atoms with E-state index in [1.807, 2.05) is 0 Å². The Morgan fingerprint density at radius 1 is 1.05 bits per heavy atom. The van der Waals surface area contributed by atoms with Gasteiger partial charge in [-0.05, 0) is 0 Å². The summed E-state index contributed by atoms with van der Waals surface area (Å²) >= 11 is 0. The second kappa shape index (κ2) is 7.54. The van der Waals surface area contributed by atoms with Crippen molar-refractivity contribution in [1.82, 2.24) is 0 Å². The van der Waals surface area contributed by atoms with Crippen LogP contribution in [0.1, 0.15) is 13.8 Å². The van der Waals surface area contributed by atoms with Crippen molar-refractivity contribution in [3.63, 3.8) is 0 Å². The minimum Gasteiger partial charge on any atom is -0.506 e. The highest BCUT2D eigenvalue weighted by Gasteiger charge is 2.14. The molecule has 0 bridgehead atoms. The zero-order chi connectivity index (χ0) is 15.0. The molecule has 8 heteroatoms. The molecule has 0 aliphatic carbocycles. The molecule has 0 saturated heterocycles. The third kappa shape index (κ3) is 5.91. The third-order valence-electron chi connectivity index (χ3n) is 1.86. The number of nitro groups is 2. The highest BCUT2D eigenvalue weighted by Crippen LogP contribution is 2.04. The van der Waals surface area contributed by atoms with Crippen molar-refractivity contribution in [3.05, 3.63) is 67.8 Å². The van der Waals surface area contributed by atoms with Gasteiger partial charge in [0, 0.05) is 26.0 Å². The van der Waals surface area contributed by atoms with Crippen LogP contribution in [0.2, 0.25) is 0 Å². The van der Waals surface area contributed by atoms with Crippen molar-refractivity contribution in [1.29, 1.82) is 0 Å². The molecular formula is C11H12N2O6. The number of carbonyl (C=O) groups excluding carboxylic acids is 1. The zero-order valence-corrected chi connectivity index (χ0v) is 10.3. The number of hydrogen-bond acceptors (Lipinski definition) is 6. The number of nitrogens with zero attached hydrogens (tertiary/aromatic N) is 2. The average molecular weight is 268 g/mol. The molecule has 0 radical (unpaired) electrons. The predicted molar refractivity (Wildman–Crippen MR) is 66.4 cm³/mol. The first kappa shape index (κ1) is 16.2. The maximum absolute atomic E-state index is 10.8. The molecule has 0 atom stereocenters. The van der Waals surface area contributed by atoms with E-state index in [1.54, 1.807) is 0 Å². The van der Waals surface area contributed by atoms with E-state index in [9.17, 15) is 25.0 Å². The molecular weight excluding hydrogens is 256 g/mol. The summed E-state index contributed by atoms with van der Waals surface area (Å²) in [6.07, 6.45) is 5.68.